The number of rotatable bonds is 8. The van der Waals surface area contributed by atoms with Crippen LogP contribution in [0.15, 0.2) is 53.6 Å². The number of carbonyl (C=O) groups excluding carboxylic acids is 2. The van der Waals surface area contributed by atoms with Gasteiger partial charge in [-0.1, -0.05) is 24.3 Å². The van der Waals surface area contributed by atoms with E-state index >= 15 is 0 Å². The van der Waals surface area contributed by atoms with E-state index < -0.39 is 6.04 Å². The molecule has 2 aliphatic heterocycles. The summed E-state index contributed by atoms with van der Waals surface area (Å²) in [5.74, 6) is 1.06. The molecule has 0 aliphatic carbocycles. The first-order valence-electron chi connectivity index (χ1n) is 10.6. The van der Waals surface area contributed by atoms with Crippen LogP contribution in [0.1, 0.15) is 30.5 Å². The van der Waals surface area contributed by atoms with Crippen molar-refractivity contribution in [2.75, 3.05) is 20.3 Å². The van der Waals surface area contributed by atoms with E-state index in [0.29, 0.717) is 19.6 Å². The SMILES string of the molecule is CCOc1ccc(C2CC3C(=O)N(CC(=O)NCc4cccc(OC)c4)N=CN3N2)cc1. The van der Waals surface area contributed by atoms with Gasteiger partial charge in [-0.25, -0.2) is 10.4 Å². The monoisotopic (exact) mass is 437 g/mol. The predicted octanol–water partition coefficient (Wildman–Crippen LogP) is 1.82. The van der Waals surface area contributed by atoms with E-state index in [1.54, 1.807) is 18.5 Å². The van der Waals surface area contributed by atoms with E-state index in [1.165, 1.54) is 5.01 Å². The standard InChI is InChI=1S/C23H27N5O4/c1-3-32-18-9-7-17(8-10-18)20-12-21-23(30)27(25-15-28(21)26-20)14-22(29)24-13-16-5-4-6-19(11-16)31-2/h4-11,15,20-21,26H,3,12-14H2,1-2H3,(H,24,29). The van der Waals surface area contributed by atoms with E-state index in [-0.39, 0.29) is 24.4 Å². The lowest BCUT2D eigenvalue weighted by Gasteiger charge is -2.29. The third-order valence-electron chi connectivity index (χ3n) is 5.47. The Balaban J connectivity index is 1.32. The summed E-state index contributed by atoms with van der Waals surface area (Å²) in [5, 5.41) is 9.93. The number of nitrogens with one attached hydrogen (secondary N) is 2. The second kappa shape index (κ2) is 9.69. The Morgan fingerprint density at radius 1 is 1.22 bits per heavy atom. The van der Waals surface area contributed by atoms with Crippen LogP contribution in [-0.2, 0) is 16.1 Å². The van der Waals surface area contributed by atoms with Crippen LogP contribution >= 0.6 is 0 Å². The van der Waals surface area contributed by atoms with Crippen LogP contribution in [0, 0.1) is 0 Å². The van der Waals surface area contributed by atoms with Crippen LogP contribution in [0.5, 0.6) is 11.5 Å². The highest BCUT2D eigenvalue weighted by Gasteiger charge is 2.41. The number of hydrazine groups is 1. The molecule has 2 N–H and O–H groups in total. The smallest absolute Gasteiger partial charge is 0.267 e. The number of hydrogen-bond acceptors (Lipinski definition) is 7. The molecular formula is C23H27N5O4. The van der Waals surface area contributed by atoms with Crippen LogP contribution in [0.2, 0.25) is 0 Å². The molecule has 32 heavy (non-hydrogen) atoms. The van der Waals surface area contributed by atoms with Gasteiger partial charge in [-0.2, -0.15) is 5.10 Å². The lowest BCUT2D eigenvalue weighted by Crippen LogP contribution is -2.52. The van der Waals surface area contributed by atoms with Crippen LogP contribution in [0.4, 0.5) is 0 Å². The first-order chi connectivity index (χ1) is 15.6. The normalized spacial score (nSPS) is 19.6. The summed E-state index contributed by atoms with van der Waals surface area (Å²) in [6.07, 6.45) is 2.15. The topological polar surface area (TPSA) is 95.5 Å². The van der Waals surface area contributed by atoms with Gasteiger partial charge in [-0.15, -0.1) is 0 Å². The fourth-order valence-corrected chi connectivity index (χ4v) is 3.81. The third-order valence-corrected chi connectivity index (χ3v) is 5.47. The molecule has 2 aromatic rings. The average Bonchev–Trinajstić information content (AvgIpc) is 3.26. The summed E-state index contributed by atoms with van der Waals surface area (Å²) < 4.78 is 10.7. The van der Waals surface area contributed by atoms with Gasteiger partial charge in [0.05, 0.1) is 19.8 Å². The zero-order valence-corrected chi connectivity index (χ0v) is 18.2. The summed E-state index contributed by atoms with van der Waals surface area (Å²) >= 11 is 0. The number of amides is 2. The van der Waals surface area contributed by atoms with Gasteiger partial charge in [0.15, 0.2) is 0 Å². The number of fused-ring (bicyclic) bond motifs is 1. The summed E-state index contributed by atoms with van der Waals surface area (Å²) in [6.45, 7) is 2.78. The number of ether oxygens (including phenoxy) is 2. The van der Waals surface area contributed by atoms with Gasteiger partial charge < -0.3 is 14.8 Å². The van der Waals surface area contributed by atoms with Gasteiger partial charge in [-0.3, -0.25) is 14.6 Å². The third kappa shape index (κ3) is 4.83. The Kier molecular flexibility index (Phi) is 6.55. The fourth-order valence-electron chi connectivity index (χ4n) is 3.81. The Bertz CT molecular complexity index is 994. The highest BCUT2D eigenvalue weighted by atomic mass is 16.5. The van der Waals surface area contributed by atoms with Gasteiger partial charge >= 0.3 is 0 Å². The summed E-state index contributed by atoms with van der Waals surface area (Å²) in [6, 6.07) is 14.9. The molecular weight excluding hydrogens is 410 g/mol. The second-order valence-electron chi connectivity index (χ2n) is 7.60. The van der Waals surface area contributed by atoms with Crippen molar-refractivity contribution in [1.82, 2.24) is 20.8 Å². The number of nitrogens with zero attached hydrogens (tertiary/aromatic N) is 3. The number of benzene rings is 2. The molecule has 4 rings (SSSR count). The molecule has 0 radical (unpaired) electrons. The van der Waals surface area contributed by atoms with Crippen molar-refractivity contribution in [3.8, 4) is 11.5 Å². The molecule has 1 saturated heterocycles. The molecule has 1 fully saturated rings. The molecule has 2 amide bonds. The molecule has 2 aromatic carbocycles. The minimum Gasteiger partial charge on any atom is -0.497 e. The second-order valence-corrected chi connectivity index (χ2v) is 7.60. The number of carbonyl (C=O) groups is 2. The summed E-state index contributed by atoms with van der Waals surface area (Å²) in [7, 11) is 1.60. The Morgan fingerprint density at radius 2 is 2.03 bits per heavy atom. The average molecular weight is 438 g/mol. The molecule has 2 atom stereocenters. The van der Waals surface area contributed by atoms with Crippen molar-refractivity contribution in [1.29, 1.82) is 0 Å². The molecule has 0 saturated carbocycles. The zero-order chi connectivity index (χ0) is 22.5. The molecule has 0 spiro atoms. The van der Waals surface area contributed by atoms with Crippen molar-refractivity contribution in [2.45, 2.75) is 32.0 Å². The Hall–Kier alpha value is -3.59. The number of hydrazone groups is 1. The van der Waals surface area contributed by atoms with Crippen LogP contribution in [-0.4, -0.2) is 54.5 Å². The number of methoxy groups -OCH3 is 1. The van der Waals surface area contributed by atoms with Crippen LogP contribution in [0.3, 0.4) is 0 Å². The van der Waals surface area contributed by atoms with Crippen LogP contribution in [0.25, 0.3) is 0 Å². The zero-order valence-electron chi connectivity index (χ0n) is 18.2. The quantitative estimate of drug-likeness (QED) is 0.654. The van der Waals surface area contributed by atoms with Crippen molar-refractivity contribution < 1.29 is 19.1 Å². The maximum Gasteiger partial charge on any atom is 0.267 e. The largest absolute Gasteiger partial charge is 0.497 e. The fraction of sp³-hybridized carbons (Fsp3) is 0.348. The summed E-state index contributed by atoms with van der Waals surface area (Å²) in [5.41, 5.74) is 5.28. The number of hydrogen-bond donors (Lipinski definition) is 2. The van der Waals surface area contributed by atoms with Crippen molar-refractivity contribution >= 4 is 18.2 Å². The molecule has 0 aromatic heterocycles. The van der Waals surface area contributed by atoms with Gasteiger partial charge in [-0.05, 0) is 48.7 Å². The van der Waals surface area contributed by atoms with Crippen molar-refractivity contribution in [3.05, 3.63) is 59.7 Å². The summed E-state index contributed by atoms with van der Waals surface area (Å²) in [4.78, 5) is 25.3. The molecule has 168 valence electrons. The highest BCUT2D eigenvalue weighted by Crippen LogP contribution is 2.30. The van der Waals surface area contributed by atoms with Gasteiger partial charge in [0.2, 0.25) is 5.91 Å². The molecule has 9 heteroatoms. The van der Waals surface area contributed by atoms with E-state index in [0.717, 1.165) is 22.6 Å². The first-order valence-corrected chi connectivity index (χ1v) is 10.6. The minimum atomic E-state index is -0.407. The predicted molar refractivity (Wildman–Crippen MR) is 119 cm³/mol. The lowest BCUT2D eigenvalue weighted by molar-refractivity contribution is -0.140. The van der Waals surface area contributed by atoms with Gasteiger partial charge in [0.1, 0.15) is 30.4 Å². The van der Waals surface area contributed by atoms with E-state index in [2.05, 4.69) is 15.8 Å². The lowest BCUT2D eigenvalue weighted by atomic mass is 10.0. The van der Waals surface area contributed by atoms with Gasteiger partial charge in [0.25, 0.3) is 5.91 Å². The van der Waals surface area contributed by atoms with Crippen LogP contribution < -0.4 is 20.2 Å². The molecule has 9 nitrogen and oxygen atoms in total. The molecule has 0 bridgehead atoms. The van der Waals surface area contributed by atoms with Gasteiger partial charge in [0, 0.05) is 6.54 Å². The van der Waals surface area contributed by atoms with Crippen molar-refractivity contribution in [2.24, 2.45) is 5.10 Å². The Labute approximate surface area is 186 Å². The Morgan fingerprint density at radius 3 is 2.78 bits per heavy atom. The maximum absolute atomic E-state index is 12.9. The minimum absolute atomic E-state index is 0.0204. The maximum atomic E-state index is 12.9. The molecule has 2 aliphatic rings. The highest BCUT2D eigenvalue weighted by molar-refractivity contribution is 5.91. The molecule has 2 unspecified atom stereocenters. The van der Waals surface area contributed by atoms with E-state index in [4.69, 9.17) is 9.47 Å². The van der Waals surface area contributed by atoms with E-state index in [1.807, 2.05) is 55.5 Å². The first kappa shape index (κ1) is 21.6. The van der Waals surface area contributed by atoms with Crippen molar-refractivity contribution in [3.63, 3.8) is 0 Å². The molecule has 2 heterocycles. The van der Waals surface area contributed by atoms with E-state index in [9.17, 15) is 9.59 Å².